The molecule has 3 amide bonds. The number of carbonyl (C=O) groups excluding carboxylic acids is 4. The van der Waals surface area contributed by atoms with Gasteiger partial charge >= 0.3 is 5.92 Å². The first kappa shape index (κ1) is 36.5. The Hall–Kier alpha value is -3.81. The van der Waals surface area contributed by atoms with Crippen LogP contribution < -0.4 is 10.6 Å². The van der Waals surface area contributed by atoms with Gasteiger partial charge < -0.3 is 20.4 Å². The molecule has 49 heavy (non-hydrogen) atoms. The third-order valence-corrected chi connectivity index (χ3v) is 10.5. The molecule has 268 valence electrons. The van der Waals surface area contributed by atoms with Crippen LogP contribution in [-0.2, 0) is 27.2 Å². The van der Waals surface area contributed by atoms with Gasteiger partial charge in [-0.2, -0.15) is 8.78 Å². The molecule has 2 N–H and O–H groups in total. The van der Waals surface area contributed by atoms with E-state index in [1.807, 2.05) is 11.9 Å². The maximum absolute atomic E-state index is 15.8. The maximum atomic E-state index is 15.8. The van der Waals surface area contributed by atoms with Crippen LogP contribution >= 0.6 is 0 Å². The molecule has 0 spiro atoms. The van der Waals surface area contributed by atoms with E-state index in [9.17, 15) is 28.0 Å². The molecule has 3 fully saturated rings. The Kier molecular flexibility index (Phi) is 11.5. The number of rotatable bonds is 13. The minimum absolute atomic E-state index is 0.0108. The van der Waals surface area contributed by atoms with Gasteiger partial charge in [-0.1, -0.05) is 50.9 Å². The molecule has 3 aliphatic rings. The first-order valence-corrected chi connectivity index (χ1v) is 17.4. The molecule has 11 nitrogen and oxygen atoms in total. The lowest BCUT2D eigenvalue weighted by atomic mass is 9.77. The van der Waals surface area contributed by atoms with Crippen molar-refractivity contribution in [2.75, 3.05) is 33.2 Å². The highest BCUT2D eigenvalue weighted by atomic mass is 19.3. The third-order valence-electron chi connectivity index (χ3n) is 10.5. The highest BCUT2D eigenvalue weighted by Crippen LogP contribution is 2.43. The summed E-state index contributed by atoms with van der Waals surface area (Å²) in [7, 11) is 1.91. The number of alkyl halides is 2. The summed E-state index contributed by atoms with van der Waals surface area (Å²) in [6.45, 7) is 7.45. The van der Waals surface area contributed by atoms with Gasteiger partial charge in [-0.05, 0) is 73.3 Å². The van der Waals surface area contributed by atoms with E-state index in [0.717, 1.165) is 25.7 Å². The van der Waals surface area contributed by atoms with Gasteiger partial charge in [0.25, 0.3) is 11.8 Å². The van der Waals surface area contributed by atoms with E-state index in [2.05, 4.69) is 27.9 Å². The van der Waals surface area contributed by atoms with Crippen molar-refractivity contribution >= 4 is 23.5 Å². The average molecular weight is 689 g/mol. The second-order valence-corrected chi connectivity index (χ2v) is 14.1. The highest BCUT2D eigenvalue weighted by Gasteiger charge is 2.54. The van der Waals surface area contributed by atoms with Gasteiger partial charge in [-0.15, -0.1) is 0 Å². The molecule has 2 aliphatic carbocycles. The summed E-state index contributed by atoms with van der Waals surface area (Å²) < 4.78 is 50.0. The Morgan fingerprint density at radius 1 is 1.00 bits per heavy atom. The molecule has 3 atom stereocenters. The highest BCUT2D eigenvalue weighted by molar-refractivity contribution is 5.98. The van der Waals surface area contributed by atoms with Crippen LogP contribution in [0.4, 0.5) is 13.2 Å². The van der Waals surface area contributed by atoms with E-state index in [4.69, 9.17) is 4.63 Å². The largest absolute Gasteiger partial charge is 0.340 e. The number of piperazine rings is 1. The van der Waals surface area contributed by atoms with Crippen molar-refractivity contribution in [3.8, 4) is 0 Å². The number of Topliss-reactive ketones (excluding diaryl/α,β-unsaturated/α-hetero) is 1. The van der Waals surface area contributed by atoms with Crippen molar-refractivity contribution in [2.45, 2.75) is 96.1 Å². The first-order valence-electron chi connectivity index (χ1n) is 17.4. The minimum Gasteiger partial charge on any atom is -0.340 e. The maximum Gasteiger partial charge on any atom is 0.327 e. The number of halogens is 3. The molecular weight excluding hydrogens is 641 g/mol. The van der Waals surface area contributed by atoms with Crippen LogP contribution in [0.25, 0.3) is 0 Å². The number of nitrogens with zero attached hydrogens (tertiary/aromatic N) is 4. The number of hydrogen-bond acceptors (Lipinski definition) is 8. The fourth-order valence-corrected chi connectivity index (χ4v) is 6.87. The predicted molar refractivity (Wildman–Crippen MR) is 173 cm³/mol. The molecule has 14 heteroatoms. The fraction of sp³-hybridized carbons (Fsp3) is 0.657. The average Bonchev–Trinajstić information content (AvgIpc) is 3.84. The summed E-state index contributed by atoms with van der Waals surface area (Å²) in [6, 6.07) is 1.95. The van der Waals surface area contributed by atoms with Crippen LogP contribution in [-0.4, -0.2) is 94.9 Å². The summed E-state index contributed by atoms with van der Waals surface area (Å²) in [5, 5.41) is 12.6. The monoisotopic (exact) mass is 688 g/mol. The van der Waals surface area contributed by atoms with Gasteiger partial charge in [0.1, 0.15) is 17.6 Å². The number of aromatic nitrogens is 2. The summed E-state index contributed by atoms with van der Waals surface area (Å²) in [4.78, 5) is 57.0. The summed E-state index contributed by atoms with van der Waals surface area (Å²) in [5.74, 6) is -8.83. The number of nitrogens with one attached hydrogen (secondary N) is 2. The first-order chi connectivity index (χ1) is 23.3. The summed E-state index contributed by atoms with van der Waals surface area (Å²) in [5.41, 5.74) is 0.783. The lowest BCUT2D eigenvalue weighted by molar-refractivity contribution is -0.152. The second-order valence-electron chi connectivity index (χ2n) is 14.1. The molecule has 1 aliphatic heterocycles. The topological polar surface area (TPSA) is 138 Å². The number of aryl methyl sites for hydroxylation is 1. The van der Waals surface area contributed by atoms with Crippen molar-refractivity contribution in [3.05, 3.63) is 46.5 Å². The SMILES string of the molecule is CCc1nonc1C(=O)N[C@H](C(=O)Cc1ccc([C@H](C)[C@@H](NC(=O)C(F)(F)C2CC2)C(=O)N2CCN(C)CC2)cc1F)C1CCC(C)CC1. The van der Waals surface area contributed by atoms with Crippen LogP contribution in [0.15, 0.2) is 22.8 Å². The Bertz CT molecular complexity index is 1510. The lowest BCUT2D eigenvalue weighted by Crippen LogP contribution is -2.58. The van der Waals surface area contributed by atoms with E-state index in [0.29, 0.717) is 49.8 Å². The molecule has 1 saturated heterocycles. The molecule has 1 aromatic carbocycles. The Labute approximate surface area is 284 Å². The standard InChI is InChI=1S/C35H47F3N6O5/c1-5-27-31(42-49-41-27)32(46)39-30(22-8-6-20(2)7-9-22)28(45)19-24-11-10-23(18-26(24)36)21(3)29(33(47)44-16-14-43(4)15-17-44)40-34(48)35(37,38)25-12-13-25/h10-11,18,20-22,25,29-30H,5-9,12-17,19H2,1-4H3,(H,39,46)(H,40,48)/t20?,21-,22?,29+,30-/m0/s1. The molecule has 2 aromatic rings. The van der Waals surface area contributed by atoms with Crippen LogP contribution in [0, 0.1) is 23.6 Å². The normalized spacial score (nSPS) is 22.2. The van der Waals surface area contributed by atoms with Crippen molar-refractivity contribution in [2.24, 2.45) is 17.8 Å². The fourth-order valence-electron chi connectivity index (χ4n) is 6.87. The molecule has 5 rings (SSSR count). The molecular formula is C35H47F3N6O5. The zero-order valence-electron chi connectivity index (χ0n) is 28.6. The Morgan fingerprint density at radius 2 is 1.67 bits per heavy atom. The molecule has 2 heterocycles. The number of amides is 3. The van der Waals surface area contributed by atoms with Crippen LogP contribution in [0.2, 0.25) is 0 Å². The third kappa shape index (κ3) is 8.50. The second kappa shape index (κ2) is 15.4. The van der Waals surface area contributed by atoms with Crippen molar-refractivity contribution in [1.82, 2.24) is 30.7 Å². The van der Waals surface area contributed by atoms with Crippen LogP contribution in [0.5, 0.6) is 0 Å². The lowest BCUT2D eigenvalue weighted by Gasteiger charge is -2.36. The van der Waals surface area contributed by atoms with Crippen LogP contribution in [0.3, 0.4) is 0 Å². The minimum atomic E-state index is -3.61. The summed E-state index contributed by atoms with van der Waals surface area (Å²) in [6.07, 6.45) is 3.83. The molecule has 0 radical (unpaired) electrons. The van der Waals surface area contributed by atoms with E-state index < -0.39 is 53.4 Å². The molecule has 0 bridgehead atoms. The van der Waals surface area contributed by atoms with Crippen molar-refractivity contribution in [3.63, 3.8) is 0 Å². The van der Waals surface area contributed by atoms with Crippen molar-refractivity contribution in [1.29, 1.82) is 0 Å². The molecule has 1 aromatic heterocycles. The van der Waals surface area contributed by atoms with Gasteiger partial charge in [0.2, 0.25) is 5.91 Å². The number of hydrogen-bond donors (Lipinski definition) is 2. The predicted octanol–water partition coefficient (Wildman–Crippen LogP) is 3.92. The van der Waals surface area contributed by atoms with E-state index in [-0.39, 0.29) is 42.2 Å². The molecule has 2 saturated carbocycles. The van der Waals surface area contributed by atoms with Gasteiger partial charge in [0, 0.05) is 44.4 Å². The van der Waals surface area contributed by atoms with Gasteiger partial charge in [0.05, 0.1) is 6.04 Å². The Morgan fingerprint density at radius 3 is 2.29 bits per heavy atom. The molecule has 0 unspecified atom stereocenters. The van der Waals surface area contributed by atoms with E-state index >= 15 is 4.39 Å². The number of likely N-dealkylation sites (N-methyl/N-ethyl adjacent to an activating group) is 1. The summed E-state index contributed by atoms with van der Waals surface area (Å²) >= 11 is 0. The van der Waals surface area contributed by atoms with Crippen LogP contribution in [0.1, 0.15) is 92.5 Å². The number of carbonyl (C=O) groups is 4. The quantitative estimate of drug-likeness (QED) is 0.323. The zero-order chi connectivity index (χ0) is 35.5. The van der Waals surface area contributed by atoms with Gasteiger partial charge in [-0.3, -0.25) is 19.2 Å². The number of ketones is 1. The van der Waals surface area contributed by atoms with E-state index in [1.165, 1.54) is 12.1 Å². The van der Waals surface area contributed by atoms with E-state index in [1.54, 1.807) is 24.8 Å². The Balaban J connectivity index is 1.34. The smallest absolute Gasteiger partial charge is 0.327 e. The van der Waals surface area contributed by atoms with Gasteiger partial charge in [-0.25, -0.2) is 9.02 Å². The zero-order valence-corrected chi connectivity index (χ0v) is 28.6. The van der Waals surface area contributed by atoms with Crippen molar-refractivity contribution < 1.29 is 37.0 Å². The number of benzene rings is 1. The van der Waals surface area contributed by atoms with Gasteiger partial charge in [0.15, 0.2) is 11.5 Å².